The molecule has 0 radical (unpaired) electrons. The highest BCUT2D eigenvalue weighted by atomic mass is 16.5. The molecular weight excluding hydrogens is 298 g/mol. The van der Waals surface area contributed by atoms with Gasteiger partial charge in [-0.15, -0.1) is 0 Å². The van der Waals surface area contributed by atoms with Crippen molar-refractivity contribution in [1.29, 1.82) is 0 Å². The Bertz CT molecular complexity index is 654. The molecule has 0 spiro atoms. The normalized spacial score (nSPS) is 11.7. The second kappa shape index (κ2) is 8.09. The largest absolute Gasteiger partial charge is 0.448 e. The highest BCUT2D eigenvalue weighted by molar-refractivity contribution is 5.91. The lowest BCUT2D eigenvalue weighted by atomic mass is 10.1. The monoisotopic (exact) mass is 317 g/mol. The number of esters is 1. The molecule has 23 heavy (non-hydrogen) atoms. The van der Waals surface area contributed by atoms with Crippen LogP contribution in [0.25, 0.3) is 11.3 Å². The molecule has 7 nitrogen and oxygen atoms in total. The van der Waals surface area contributed by atoms with Gasteiger partial charge in [0, 0.05) is 19.2 Å². The smallest absolute Gasteiger partial charge is 0.357 e. The fourth-order valence-electron chi connectivity index (χ4n) is 1.88. The number of methoxy groups -OCH3 is 1. The van der Waals surface area contributed by atoms with Crippen LogP contribution in [0.3, 0.4) is 0 Å². The molecule has 122 valence electrons. The van der Waals surface area contributed by atoms with Crippen LogP contribution in [0.15, 0.2) is 36.4 Å². The average molecular weight is 317 g/mol. The summed E-state index contributed by atoms with van der Waals surface area (Å²) in [6, 6.07) is 11.0. The molecule has 2 rings (SSSR count). The molecule has 7 heteroatoms. The zero-order valence-corrected chi connectivity index (χ0v) is 13.0. The van der Waals surface area contributed by atoms with Gasteiger partial charge < -0.3 is 14.8 Å². The van der Waals surface area contributed by atoms with Crippen LogP contribution in [0.4, 0.5) is 0 Å². The first-order chi connectivity index (χ1) is 11.1. The third kappa shape index (κ3) is 4.65. The number of rotatable bonds is 7. The zero-order valence-electron chi connectivity index (χ0n) is 13.0. The predicted molar refractivity (Wildman–Crippen MR) is 83.8 cm³/mol. The van der Waals surface area contributed by atoms with Gasteiger partial charge in [0.25, 0.3) is 5.91 Å². The van der Waals surface area contributed by atoms with Gasteiger partial charge >= 0.3 is 5.97 Å². The Balaban J connectivity index is 1.93. The van der Waals surface area contributed by atoms with Crippen molar-refractivity contribution in [3.05, 3.63) is 42.1 Å². The molecule has 0 fully saturated rings. The quantitative estimate of drug-likeness (QED) is 0.594. The molecule has 1 aromatic carbocycles. The Morgan fingerprint density at radius 1 is 1.30 bits per heavy atom. The van der Waals surface area contributed by atoms with E-state index in [-0.39, 0.29) is 11.6 Å². The number of H-pyrrole nitrogens is 1. The first-order valence-electron chi connectivity index (χ1n) is 7.20. The summed E-state index contributed by atoms with van der Waals surface area (Å²) in [6.45, 7) is 2.27. The number of hydrogen-bond acceptors (Lipinski definition) is 5. The third-order valence-corrected chi connectivity index (χ3v) is 3.13. The Labute approximate surface area is 134 Å². The van der Waals surface area contributed by atoms with Crippen LogP contribution in [-0.2, 0) is 14.3 Å². The summed E-state index contributed by atoms with van der Waals surface area (Å²) in [6.07, 6.45) is -0.900. The van der Waals surface area contributed by atoms with Crippen molar-refractivity contribution in [3.8, 4) is 11.3 Å². The van der Waals surface area contributed by atoms with Gasteiger partial charge in [0.1, 0.15) is 5.69 Å². The predicted octanol–water partition coefficient (Wildman–Crippen LogP) is 1.38. The molecular formula is C16H19N3O4. The van der Waals surface area contributed by atoms with Crippen LogP contribution in [0, 0.1) is 0 Å². The second-order valence-corrected chi connectivity index (χ2v) is 4.86. The molecule has 1 aromatic heterocycles. The van der Waals surface area contributed by atoms with Crippen LogP contribution in [0.1, 0.15) is 17.4 Å². The van der Waals surface area contributed by atoms with Gasteiger partial charge in [-0.1, -0.05) is 30.3 Å². The maximum Gasteiger partial charge on any atom is 0.357 e. The fraction of sp³-hybridized carbons (Fsp3) is 0.312. The molecule has 0 saturated carbocycles. The summed E-state index contributed by atoms with van der Waals surface area (Å²) in [7, 11) is 1.54. The number of ether oxygens (including phenoxy) is 2. The van der Waals surface area contributed by atoms with Gasteiger partial charge in [0.2, 0.25) is 0 Å². The maximum absolute atomic E-state index is 12.0. The van der Waals surface area contributed by atoms with Crippen molar-refractivity contribution >= 4 is 11.9 Å². The minimum Gasteiger partial charge on any atom is -0.448 e. The summed E-state index contributed by atoms with van der Waals surface area (Å²) in [5.41, 5.74) is 1.71. The highest BCUT2D eigenvalue weighted by Crippen LogP contribution is 2.17. The van der Waals surface area contributed by atoms with Gasteiger partial charge in [-0.3, -0.25) is 9.89 Å². The van der Waals surface area contributed by atoms with Gasteiger partial charge in [0.05, 0.1) is 12.3 Å². The summed E-state index contributed by atoms with van der Waals surface area (Å²) >= 11 is 0. The van der Waals surface area contributed by atoms with Gasteiger partial charge in [0.15, 0.2) is 6.10 Å². The topological polar surface area (TPSA) is 93.3 Å². The Morgan fingerprint density at radius 2 is 2.04 bits per heavy atom. The molecule has 0 bridgehead atoms. The van der Waals surface area contributed by atoms with Crippen LogP contribution in [0.2, 0.25) is 0 Å². The van der Waals surface area contributed by atoms with Crippen molar-refractivity contribution in [3.63, 3.8) is 0 Å². The van der Waals surface area contributed by atoms with Crippen molar-refractivity contribution in [2.24, 2.45) is 0 Å². The summed E-state index contributed by atoms with van der Waals surface area (Å²) in [5.74, 6) is -1.01. The van der Waals surface area contributed by atoms with E-state index in [0.29, 0.717) is 18.8 Å². The van der Waals surface area contributed by atoms with Crippen LogP contribution < -0.4 is 5.32 Å². The Morgan fingerprint density at radius 3 is 2.74 bits per heavy atom. The molecule has 2 N–H and O–H groups in total. The van der Waals surface area contributed by atoms with Crippen LogP contribution in [0.5, 0.6) is 0 Å². The molecule has 1 atom stereocenters. The standard InChI is InChI=1S/C16H19N3O4/c1-11(15(20)17-8-9-22-2)23-16(21)14-10-13(18-19-14)12-6-4-3-5-7-12/h3-7,10-11H,8-9H2,1-2H3,(H,17,20)(H,18,19)/t11-/m0/s1. The number of carbonyl (C=O) groups is 2. The molecule has 0 unspecified atom stereocenters. The van der Waals surface area contributed by atoms with E-state index in [2.05, 4.69) is 15.5 Å². The number of aromatic nitrogens is 2. The van der Waals surface area contributed by atoms with Gasteiger partial charge in [-0.25, -0.2) is 4.79 Å². The average Bonchev–Trinajstić information content (AvgIpc) is 3.06. The molecule has 0 aliphatic rings. The first-order valence-corrected chi connectivity index (χ1v) is 7.20. The van der Waals surface area contributed by atoms with Crippen LogP contribution in [-0.4, -0.2) is 48.4 Å². The Hall–Kier alpha value is -2.67. The summed E-state index contributed by atoms with van der Waals surface area (Å²) in [4.78, 5) is 23.8. The number of amides is 1. The van der Waals surface area contributed by atoms with E-state index >= 15 is 0 Å². The SMILES string of the molecule is COCCNC(=O)[C@H](C)OC(=O)c1cc(-c2ccccc2)n[nH]1. The lowest BCUT2D eigenvalue weighted by molar-refractivity contribution is -0.129. The van der Waals surface area contributed by atoms with E-state index in [9.17, 15) is 9.59 Å². The molecule has 0 aliphatic heterocycles. The van der Waals surface area contributed by atoms with Gasteiger partial charge in [-0.2, -0.15) is 5.10 Å². The lowest BCUT2D eigenvalue weighted by Crippen LogP contribution is -2.37. The lowest BCUT2D eigenvalue weighted by Gasteiger charge is -2.12. The third-order valence-electron chi connectivity index (χ3n) is 3.13. The van der Waals surface area contributed by atoms with Crippen molar-refractivity contribution in [1.82, 2.24) is 15.5 Å². The number of hydrogen-bond donors (Lipinski definition) is 2. The van der Waals surface area contributed by atoms with E-state index in [4.69, 9.17) is 9.47 Å². The highest BCUT2D eigenvalue weighted by Gasteiger charge is 2.20. The minimum absolute atomic E-state index is 0.195. The number of nitrogens with zero attached hydrogens (tertiary/aromatic N) is 1. The zero-order chi connectivity index (χ0) is 16.7. The Kier molecular flexibility index (Phi) is 5.87. The first kappa shape index (κ1) is 16.7. The summed E-state index contributed by atoms with van der Waals surface area (Å²) in [5, 5.41) is 9.31. The molecule has 1 amide bonds. The van der Waals surface area contributed by atoms with E-state index in [1.165, 1.54) is 14.0 Å². The maximum atomic E-state index is 12.0. The van der Waals surface area contributed by atoms with E-state index < -0.39 is 12.1 Å². The number of aromatic amines is 1. The number of carbonyl (C=O) groups excluding carboxylic acids is 2. The molecule has 0 aliphatic carbocycles. The fourth-order valence-corrected chi connectivity index (χ4v) is 1.88. The molecule has 2 aromatic rings. The minimum atomic E-state index is -0.900. The summed E-state index contributed by atoms with van der Waals surface area (Å²) < 4.78 is 9.95. The van der Waals surface area contributed by atoms with Crippen LogP contribution >= 0.6 is 0 Å². The number of nitrogens with one attached hydrogen (secondary N) is 2. The van der Waals surface area contributed by atoms with Gasteiger partial charge in [-0.05, 0) is 13.0 Å². The number of benzene rings is 1. The van der Waals surface area contributed by atoms with E-state index in [0.717, 1.165) is 5.56 Å². The molecule has 1 heterocycles. The van der Waals surface area contributed by atoms with Crippen molar-refractivity contribution < 1.29 is 19.1 Å². The van der Waals surface area contributed by atoms with Crippen molar-refractivity contribution in [2.45, 2.75) is 13.0 Å². The van der Waals surface area contributed by atoms with E-state index in [1.807, 2.05) is 30.3 Å². The molecule has 0 saturated heterocycles. The van der Waals surface area contributed by atoms with Crippen molar-refractivity contribution in [2.75, 3.05) is 20.3 Å². The van der Waals surface area contributed by atoms with E-state index in [1.54, 1.807) is 6.07 Å². The second-order valence-electron chi connectivity index (χ2n) is 4.86.